The summed E-state index contributed by atoms with van der Waals surface area (Å²) < 4.78 is 12.8. The van der Waals surface area contributed by atoms with E-state index in [2.05, 4.69) is 5.32 Å². The lowest BCUT2D eigenvalue weighted by Crippen LogP contribution is -2.45. The average Bonchev–Trinajstić information content (AvgIpc) is 2.37. The van der Waals surface area contributed by atoms with Crippen LogP contribution in [0.5, 0.6) is 17.2 Å². The fraction of sp³-hybridized carbons (Fsp3) is 0.538. The molecule has 1 aromatic rings. The second-order valence-electron chi connectivity index (χ2n) is 4.68. The topological polar surface area (TPSA) is 76.0 Å². The number of hydrogen-bond acceptors (Lipinski definition) is 5. The third-order valence-corrected chi connectivity index (χ3v) is 3.43. The number of rotatable bonds is 4. The number of alkyl halides is 1. The minimum atomic E-state index is -0.533. The Labute approximate surface area is 123 Å². The zero-order valence-corrected chi connectivity index (χ0v) is 11.9. The molecule has 2 rings (SSSR count). The van der Waals surface area contributed by atoms with Gasteiger partial charge in [0.05, 0.1) is 12.2 Å². The van der Waals surface area contributed by atoms with Gasteiger partial charge < -0.3 is 20.6 Å². The van der Waals surface area contributed by atoms with E-state index in [9.17, 15) is 19.7 Å². The van der Waals surface area contributed by atoms with Crippen molar-refractivity contribution in [2.24, 2.45) is 0 Å². The van der Waals surface area contributed by atoms with Crippen LogP contribution in [-0.4, -0.2) is 53.1 Å². The van der Waals surface area contributed by atoms with Crippen LogP contribution in [0.25, 0.3) is 0 Å². The van der Waals surface area contributed by atoms with Crippen molar-refractivity contribution in [3.63, 3.8) is 0 Å². The van der Waals surface area contributed by atoms with Crippen molar-refractivity contribution in [3.8, 4) is 17.2 Å². The molecule has 5 nitrogen and oxygen atoms in total. The Morgan fingerprint density at radius 1 is 1.15 bits per heavy atom. The average molecular weight is 307 g/mol. The molecule has 0 radical (unpaired) electrons. The summed E-state index contributed by atoms with van der Waals surface area (Å²) >= 11 is 0. The van der Waals surface area contributed by atoms with E-state index in [0.29, 0.717) is 0 Å². The van der Waals surface area contributed by atoms with Gasteiger partial charge >= 0.3 is 0 Å². The maximum atomic E-state index is 12.8. The van der Waals surface area contributed by atoms with Crippen LogP contribution in [0.15, 0.2) is 12.1 Å². The van der Waals surface area contributed by atoms with Crippen LogP contribution in [-0.2, 0) is 0 Å². The van der Waals surface area contributed by atoms with Crippen LogP contribution in [0.2, 0.25) is 0 Å². The van der Waals surface area contributed by atoms with E-state index in [0.717, 1.165) is 26.2 Å². The van der Waals surface area contributed by atoms with Crippen molar-refractivity contribution in [3.05, 3.63) is 17.7 Å². The Kier molecular flexibility index (Phi) is 6.32. The molecule has 1 fully saturated rings. The quantitative estimate of drug-likeness (QED) is 0.679. The number of nitrogens with one attached hydrogen (secondary N) is 1. The van der Waals surface area contributed by atoms with Crippen LogP contribution in [0.4, 0.5) is 4.39 Å². The van der Waals surface area contributed by atoms with Gasteiger partial charge in [-0.3, -0.25) is 9.29 Å². The van der Waals surface area contributed by atoms with Gasteiger partial charge in [0.2, 0.25) is 0 Å². The van der Waals surface area contributed by atoms with Gasteiger partial charge in [-0.15, -0.1) is 12.4 Å². The molecule has 7 heteroatoms. The number of aromatic hydroxyl groups is 3. The smallest absolute Gasteiger partial charge is 0.127 e. The van der Waals surface area contributed by atoms with E-state index in [1.54, 1.807) is 0 Å². The largest absolute Gasteiger partial charge is 0.508 e. The summed E-state index contributed by atoms with van der Waals surface area (Å²) in [6.07, 6.45) is 0.200. The van der Waals surface area contributed by atoms with Gasteiger partial charge in [0.25, 0.3) is 0 Å². The molecule has 0 unspecified atom stereocenters. The Hall–Kier alpha value is -1.24. The highest BCUT2D eigenvalue weighted by Crippen LogP contribution is 2.40. The Morgan fingerprint density at radius 3 is 2.20 bits per heavy atom. The van der Waals surface area contributed by atoms with E-state index >= 15 is 0 Å². The van der Waals surface area contributed by atoms with Gasteiger partial charge in [0.1, 0.15) is 17.2 Å². The third kappa shape index (κ3) is 3.65. The highest BCUT2D eigenvalue weighted by Gasteiger charge is 2.27. The normalized spacial score (nSPS) is 17.4. The molecule has 1 atom stereocenters. The maximum absolute atomic E-state index is 12.8. The van der Waals surface area contributed by atoms with Crippen LogP contribution in [0.3, 0.4) is 0 Å². The van der Waals surface area contributed by atoms with Crippen LogP contribution in [0.1, 0.15) is 18.0 Å². The predicted molar refractivity (Wildman–Crippen MR) is 76.5 cm³/mol. The number of hydrogen-bond donors (Lipinski definition) is 4. The number of phenolic OH excluding ortho intramolecular Hbond substituents is 3. The second kappa shape index (κ2) is 7.52. The first-order valence-corrected chi connectivity index (χ1v) is 6.39. The van der Waals surface area contributed by atoms with Crippen LogP contribution >= 0.6 is 12.4 Å². The van der Waals surface area contributed by atoms with Gasteiger partial charge in [0, 0.05) is 44.4 Å². The molecule has 114 valence electrons. The first-order valence-electron chi connectivity index (χ1n) is 6.39. The zero-order valence-electron chi connectivity index (χ0n) is 11.0. The first-order chi connectivity index (χ1) is 9.13. The van der Waals surface area contributed by atoms with Crippen LogP contribution in [0, 0.1) is 0 Å². The molecule has 1 aliphatic rings. The Balaban J connectivity index is 0.00000200. The highest BCUT2D eigenvalue weighted by molar-refractivity contribution is 5.85. The molecule has 0 spiro atoms. The van der Waals surface area contributed by atoms with Crippen molar-refractivity contribution < 1.29 is 19.7 Å². The molecule has 0 amide bonds. The molecular weight excluding hydrogens is 287 g/mol. The molecule has 1 aromatic carbocycles. The maximum Gasteiger partial charge on any atom is 0.127 e. The number of piperazine rings is 1. The number of benzene rings is 1. The summed E-state index contributed by atoms with van der Waals surface area (Å²) in [6, 6.07) is 1.96. The third-order valence-electron chi connectivity index (χ3n) is 3.43. The standard InChI is InChI=1S/C13H19FN2O3.ClH/c14-2-1-10(16-5-3-15-4-6-16)13-11(18)7-9(17)8-12(13)19;/h7-8,10,15,17-19H,1-6H2;1H/t10-;/m1./s1. The lowest BCUT2D eigenvalue weighted by molar-refractivity contribution is 0.152. The molecule has 0 bridgehead atoms. The lowest BCUT2D eigenvalue weighted by Gasteiger charge is -2.35. The van der Waals surface area contributed by atoms with Gasteiger partial charge in [-0.25, -0.2) is 0 Å². The molecule has 0 saturated carbocycles. The fourth-order valence-electron chi connectivity index (χ4n) is 2.56. The van der Waals surface area contributed by atoms with Crippen molar-refractivity contribution in [2.45, 2.75) is 12.5 Å². The number of halogens is 2. The molecule has 4 N–H and O–H groups in total. The lowest BCUT2D eigenvalue weighted by atomic mass is 9.99. The van der Waals surface area contributed by atoms with Gasteiger partial charge in [0.15, 0.2) is 0 Å². The second-order valence-corrected chi connectivity index (χ2v) is 4.68. The van der Waals surface area contributed by atoms with E-state index in [1.165, 1.54) is 12.1 Å². The highest BCUT2D eigenvalue weighted by atomic mass is 35.5. The molecular formula is C13H20ClFN2O3. The van der Waals surface area contributed by atoms with E-state index in [1.807, 2.05) is 4.90 Å². The molecule has 0 aromatic heterocycles. The van der Waals surface area contributed by atoms with E-state index in [4.69, 9.17) is 0 Å². The van der Waals surface area contributed by atoms with E-state index < -0.39 is 6.67 Å². The predicted octanol–water partition coefficient (Wildman–Crippen LogP) is 1.53. The summed E-state index contributed by atoms with van der Waals surface area (Å²) in [5, 5.41) is 32.4. The molecule has 1 heterocycles. The summed E-state index contributed by atoms with van der Waals surface area (Å²) in [4.78, 5) is 2.03. The minimum absolute atomic E-state index is 0. The van der Waals surface area contributed by atoms with Gasteiger partial charge in [-0.05, 0) is 6.42 Å². The zero-order chi connectivity index (χ0) is 13.8. The SMILES string of the molecule is Cl.Oc1cc(O)c([C@@H](CCF)N2CCNCC2)c(O)c1. The van der Waals surface area contributed by atoms with Gasteiger partial charge in [-0.1, -0.05) is 0 Å². The Bertz CT molecular complexity index is 419. The molecule has 1 saturated heterocycles. The summed E-state index contributed by atoms with van der Waals surface area (Å²) in [5.74, 6) is -0.609. The minimum Gasteiger partial charge on any atom is -0.508 e. The summed E-state index contributed by atoms with van der Waals surface area (Å²) in [6.45, 7) is 2.51. The van der Waals surface area contributed by atoms with Crippen molar-refractivity contribution in [1.82, 2.24) is 10.2 Å². The van der Waals surface area contributed by atoms with Crippen LogP contribution < -0.4 is 5.32 Å². The molecule has 20 heavy (non-hydrogen) atoms. The van der Waals surface area contributed by atoms with Crippen molar-refractivity contribution in [1.29, 1.82) is 0 Å². The van der Waals surface area contributed by atoms with Crippen molar-refractivity contribution >= 4 is 12.4 Å². The molecule has 1 aliphatic heterocycles. The number of phenols is 3. The monoisotopic (exact) mass is 306 g/mol. The molecule has 0 aliphatic carbocycles. The van der Waals surface area contributed by atoms with E-state index in [-0.39, 0.29) is 47.7 Å². The fourth-order valence-corrected chi connectivity index (χ4v) is 2.56. The Morgan fingerprint density at radius 2 is 1.70 bits per heavy atom. The van der Waals surface area contributed by atoms with Crippen molar-refractivity contribution in [2.75, 3.05) is 32.9 Å². The first kappa shape index (κ1) is 16.8. The van der Waals surface area contributed by atoms with Gasteiger partial charge in [-0.2, -0.15) is 0 Å². The number of nitrogens with zero attached hydrogens (tertiary/aromatic N) is 1. The summed E-state index contributed by atoms with van der Waals surface area (Å²) in [7, 11) is 0. The summed E-state index contributed by atoms with van der Waals surface area (Å²) in [5.41, 5.74) is 0.289.